The molecule has 0 aliphatic carbocycles. The topological polar surface area (TPSA) is 68.5 Å². The van der Waals surface area contributed by atoms with E-state index >= 15 is 0 Å². The molecule has 23 heavy (non-hydrogen) atoms. The quantitative estimate of drug-likeness (QED) is 0.945. The monoisotopic (exact) mass is 316 g/mol. The molecule has 7 heteroatoms. The fourth-order valence-corrected chi connectivity index (χ4v) is 2.43. The van der Waals surface area contributed by atoms with Gasteiger partial charge in [-0.05, 0) is 31.5 Å². The van der Waals surface area contributed by atoms with E-state index in [9.17, 15) is 9.18 Å². The van der Waals surface area contributed by atoms with Gasteiger partial charge in [0.2, 0.25) is 5.60 Å². The summed E-state index contributed by atoms with van der Waals surface area (Å²) in [4.78, 5) is 17.9. The second-order valence-electron chi connectivity index (χ2n) is 5.79. The molecule has 1 atom stereocenters. The molecule has 0 unspecified atom stereocenters. The average molecular weight is 316 g/mol. The zero-order valence-electron chi connectivity index (χ0n) is 13.1. The van der Waals surface area contributed by atoms with Crippen LogP contribution in [0.5, 0.6) is 0 Å². The van der Waals surface area contributed by atoms with Crippen molar-refractivity contribution in [1.82, 2.24) is 9.78 Å². The smallest absolute Gasteiger partial charge is 0.272 e. The van der Waals surface area contributed by atoms with Crippen LogP contribution >= 0.6 is 0 Å². The van der Waals surface area contributed by atoms with Crippen molar-refractivity contribution < 1.29 is 14.0 Å². The second kappa shape index (κ2) is 5.49. The number of nitrogens with zero attached hydrogens (tertiary/aromatic N) is 3. The number of anilines is 1. The third kappa shape index (κ3) is 2.94. The van der Waals surface area contributed by atoms with Crippen LogP contribution in [0.2, 0.25) is 0 Å². The van der Waals surface area contributed by atoms with Crippen LogP contribution in [-0.2, 0) is 16.7 Å². The highest BCUT2D eigenvalue weighted by Crippen LogP contribution is 2.28. The van der Waals surface area contributed by atoms with Gasteiger partial charge in [0.15, 0.2) is 0 Å². The number of nitrogens with one attached hydrogen (secondary N) is 1. The molecule has 1 aliphatic rings. The summed E-state index contributed by atoms with van der Waals surface area (Å²) in [5, 5.41) is 11.0. The number of aromatic nitrogens is 2. The molecule has 2 heterocycles. The fraction of sp³-hybridized carbons (Fsp3) is 0.312. The summed E-state index contributed by atoms with van der Waals surface area (Å²) in [6.45, 7) is 3.52. The van der Waals surface area contributed by atoms with Gasteiger partial charge in [0, 0.05) is 19.5 Å². The largest absolute Gasteiger partial charge is 0.379 e. The van der Waals surface area contributed by atoms with Crippen molar-refractivity contribution in [1.29, 1.82) is 0 Å². The molecule has 0 saturated heterocycles. The van der Waals surface area contributed by atoms with Crippen molar-refractivity contribution >= 4 is 17.4 Å². The molecule has 3 rings (SSSR count). The normalized spacial score (nSPS) is 20.1. The lowest BCUT2D eigenvalue weighted by molar-refractivity contribution is -0.136. The van der Waals surface area contributed by atoms with Crippen LogP contribution in [0.1, 0.15) is 24.6 Å². The van der Waals surface area contributed by atoms with Crippen LogP contribution in [0, 0.1) is 12.7 Å². The molecule has 2 aromatic rings. The van der Waals surface area contributed by atoms with Crippen LogP contribution in [0.25, 0.3) is 0 Å². The minimum absolute atomic E-state index is 0.304. The summed E-state index contributed by atoms with van der Waals surface area (Å²) < 4.78 is 14.6. The molecule has 0 bridgehead atoms. The first kappa shape index (κ1) is 15.2. The number of carbonyl (C=O) groups excluding carboxylic acids is 1. The molecule has 0 spiro atoms. The maximum Gasteiger partial charge on any atom is 0.272 e. The number of hydrogen-bond donors (Lipinski definition) is 1. The van der Waals surface area contributed by atoms with Crippen LogP contribution < -0.4 is 5.32 Å². The summed E-state index contributed by atoms with van der Waals surface area (Å²) in [7, 11) is 1.75. The average Bonchev–Trinajstić information content (AvgIpc) is 3.04. The molecule has 120 valence electrons. The number of oxime groups is 1. The van der Waals surface area contributed by atoms with Gasteiger partial charge in [-0.1, -0.05) is 17.3 Å². The number of benzene rings is 1. The van der Waals surface area contributed by atoms with E-state index in [4.69, 9.17) is 4.84 Å². The fourth-order valence-electron chi connectivity index (χ4n) is 2.43. The Labute approximate surface area is 132 Å². The van der Waals surface area contributed by atoms with E-state index in [1.165, 1.54) is 12.1 Å². The number of amides is 1. The van der Waals surface area contributed by atoms with Gasteiger partial charge >= 0.3 is 0 Å². The van der Waals surface area contributed by atoms with Crippen molar-refractivity contribution in [3.63, 3.8) is 0 Å². The van der Waals surface area contributed by atoms with Crippen LogP contribution in [0.15, 0.2) is 35.5 Å². The number of halogens is 1. The van der Waals surface area contributed by atoms with Gasteiger partial charge in [0.05, 0.1) is 11.4 Å². The standard InChI is InChI=1S/C16H17FN4O2/c1-10-8-14(21(3)19-10)18-15(22)16(2)9-13(20-23-16)11-4-6-12(17)7-5-11/h4-8H,9H2,1-3H3,(H,18,22)/t16-/m1/s1. The van der Waals surface area contributed by atoms with E-state index in [1.807, 2.05) is 6.92 Å². The Morgan fingerprint density at radius 3 is 2.70 bits per heavy atom. The summed E-state index contributed by atoms with van der Waals surface area (Å²) in [6.07, 6.45) is 0.307. The van der Waals surface area contributed by atoms with Gasteiger partial charge in [-0.15, -0.1) is 0 Å². The molecule has 0 saturated carbocycles. The van der Waals surface area contributed by atoms with Gasteiger partial charge in [0.25, 0.3) is 5.91 Å². The molecule has 0 radical (unpaired) electrons. The lowest BCUT2D eigenvalue weighted by Gasteiger charge is -2.20. The van der Waals surface area contributed by atoms with Crippen molar-refractivity contribution in [3.05, 3.63) is 47.4 Å². The Kier molecular flexibility index (Phi) is 3.63. The van der Waals surface area contributed by atoms with E-state index in [1.54, 1.807) is 36.9 Å². The van der Waals surface area contributed by atoms with E-state index in [2.05, 4.69) is 15.6 Å². The minimum Gasteiger partial charge on any atom is -0.379 e. The zero-order valence-corrected chi connectivity index (χ0v) is 13.1. The number of hydrogen-bond acceptors (Lipinski definition) is 4. The number of aryl methyl sites for hydroxylation is 2. The summed E-state index contributed by atoms with van der Waals surface area (Å²) in [5.74, 6) is -0.0331. The lowest BCUT2D eigenvalue weighted by Crippen LogP contribution is -2.40. The van der Waals surface area contributed by atoms with E-state index in [0.29, 0.717) is 18.0 Å². The van der Waals surface area contributed by atoms with E-state index in [0.717, 1.165) is 11.3 Å². The summed E-state index contributed by atoms with van der Waals surface area (Å²) in [5.41, 5.74) is 1.05. The Morgan fingerprint density at radius 2 is 2.09 bits per heavy atom. The van der Waals surface area contributed by atoms with Gasteiger partial charge in [-0.25, -0.2) is 4.39 Å². The Balaban J connectivity index is 1.73. The first-order chi connectivity index (χ1) is 10.9. The van der Waals surface area contributed by atoms with Gasteiger partial charge in [-0.3, -0.25) is 9.48 Å². The Hall–Kier alpha value is -2.70. The third-order valence-electron chi connectivity index (χ3n) is 3.76. The molecule has 1 aromatic carbocycles. The summed E-state index contributed by atoms with van der Waals surface area (Å²) >= 11 is 0. The van der Waals surface area contributed by atoms with E-state index < -0.39 is 5.60 Å². The van der Waals surface area contributed by atoms with Gasteiger partial charge in [0.1, 0.15) is 11.6 Å². The predicted octanol–water partition coefficient (Wildman–Crippen LogP) is 2.39. The zero-order chi connectivity index (χ0) is 16.6. The molecule has 1 amide bonds. The highest BCUT2D eigenvalue weighted by molar-refractivity contribution is 6.07. The predicted molar refractivity (Wildman–Crippen MR) is 83.6 cm³/mol. The van der Waals surface area contributed by atoms with Crippen molar-refractivity contribution in [2.75, 3.05) is 5.32 Å². The molecule has 0 fully saturated rings. The van der Waals surface area contributed by atoms with Crippen molar-refractivity contribution in [2.24, 2.45) is 12.2 Å². The van der Waals surface area contributed by atoms with Crippen molar-refractivity contribution in [2.45, 2.75) is 25.9 Å². The highest BCUT2D eigenvalue weighted by atomic mass is 19.1. The maximum atomic E-state index is 13.0. The van der Waals surface area contributed by atoms with Gasteiger partial charge < -0.3 is 10.2 Å². The minimum atomic E-state index is -1.11. The van der Waals surface area contributed by atoms with Gasteiger partial charge in [-0.2, -0.15) is 5.10 Å². The molecule has 1 aliphatic heterocycles. The second-order valence-corrected chi connectivity index (χ2v) is 5.79. The number of carbonyl (C=O) groups is 1. The first-order valence-corrected chi connectivity index (χ1v) is 7.20. The SMILES string of the molecule is Cc1cc(NC(=O)[C@@]2(C)CC(c3ccc(F)cc3)=NO2)n(C)n1. The third-order valence-corrected chi connectivity index (χ3v) is 3.76. The highest BCUT2D eigenvalue weighted by Gasteiger charge is 2.42. The molecule has 1 N–H and O–H groups in total. The molecular weight excluding hydrogens is 299 g/mol. The molecular formula is C16H17FN4O2. The number of rotatable bonds is 3. The van der Waals surface area contributed by atoms with Crippen LogP contribution in [-0.4, -0.2) is 27.0 Å². The van der Waals surface area contributed by atoms with E-state index in [-0.39, 0.29) is 11.7 Å². The molecule has 6 nitrogen and oxygen atoms in total. The lowest BCUT2D eigenvalue weighted by atomic mass is 9.95. The van der Waals surface area contributed by atoms with Crippen LogP contribution in [0.3, 0.4) is 0 Å². The Bertz CT molecular complexity index is 782. The molecule has 1 aromatic heterocycles. The Morgan fingerprint density at radius 1 is 1.39 bits per heavy atom. The van der Waals surface area contributed by atoms with Crippen LogP contribution in [0.4, 0.5) is 10.2 Å². The first-order valence-electron chi connectivity index (χ1n) is 7.20. The van der Waals surface area contributed by atoms with Crippen molar-refractivity contribution in [3.8, 4) is 0 Å². The maximum absolute atomic E-state index is 13.0. The summed E-state index contributed by atoms with van der Waals surface area (Å²) in [6, 6.07) is 7.72.